The maximum absolute atomic E-state index is 14.4. The van der Waals surface area contributed by atoms with Gasteiger partial charge >= 0.3 is 0 Å². The van der Waals surface area contributed by atoms with Gasteiger partial charge in [-0.05, 0) is 42.8 Å². The van der Waals surface area contributed by atoms with Crippen molar-refractivity contribution in [2.45, 2.75) is 13.0 Å². The fourth-order valence-corrected chi connectivity index (χ4v) is 5.95. The number of hydrogen-bond acceptors (Lipinski definition) is 7. The summed E-state index contributed by atoms with van der Waals surface area (Å²) in [7, 11) is 0. The highest BCUT2D eigenvalue weighted by Crippen LogP contribution is 2.44. The largest absolute Gasteiger partial charge is 0.462 e. The van der Waals surface area contributed by atoms with Gasteiger partial charge in [-0.2, -0.15) is 5.10 Å². The number of Topliss-reactive ketones (excluding diaryl/α,β-unsaturated/α-hetero) is 1. The van der Waals surface area contributed by atoms with Gasteiger partial charge < -0.3 is 14.9 Å². The average Bonchev–Trinajstić information content (AvgIpc) is 3.73. The predicted molar refractivity (Wildman–Crippen MR) is 157 cm³/mol. The highest BCUT2D eigenvalue weighted by molar-refractivity contribution is 6.24. The van der Waals surface area contributed by atoms with E-state index in [1.165, 1.54) is 18.5 Å². The molecule has 9 heteroatoms. The minimum Gasteiger partial charge on any atom is -0.462 e. The number of nitrogen functional groups attached to an aromatic ring is 1. The molecule has 4 heterocycles. The molecule has 2 unspecified atom stereocenters. The van der Waals surface area contributed by atoms with E-state index in [-0.39, 0.29) is 11.6 Å². The van der Waals surface area contributed by atoms with Crippen molar-refractivity contribution in [3.8, 4) is 11.3 Å². The molecule has 42 heavy (non-hydrogen) atoms. The lowest BCUT2D eigenvalue weighted by Gasteiger charge is -2.29. The molecule has 2 N–H and O–H groups in total. The number of carbonyl (C=O) groups is 1. The van der Waals surface area contributed by atoms with Crippen LogP contribution in [0.25, 0.3) is 49.8 Å². The first-order valence-corrected chi connectivity index (χ1v) is 13.5. The van der Waals surface area contributed by atoms with E-state index in [9.17, 15) is 9.18 Å². The summed E-state index contributed by atoms with van der Waals surface area (Å²) in [5, 5.41) is 7.49. The zero-order chi connectivity index (χ0) is 28.5. The van der Waals surface area contributed by atoms with E-state index >= 15 is 0 Å². The van der Waals surface area contributed by atoms with Gasteiger partial charge in [-0.1, -0.05) is 54.6 Å². The van der Waals surface area contributed by atoms with Crippen LogP contribution >= 0.6 is 0 Å². The van der Waals surface area contributed by atoms with Crippen LogP contribution in [-0.2, 0) is 9.53 Å². The molecule has 6 aromatic rings. The number of halogens is 1. The number of ether oxygens (including phenoxy) is 1. The molecule has 1 aliphatic heterocycles. The number of nitrogens with zero attached hydrogens (tertiary/aromatic N) is 4. The number of carbonyl (C=O) groups excluding carboxylic acids is 1. The lowest BCUT2D eigenvalue weighted by Crippen LogP contribution is -2.27. The zero-order valence-electron chi connectivity index (χ0n) is 22.3. The Morgan fingerprint density at radius 3 is 2.74 bits per heavy atom. The first-order valence-electron chi connectivity index (χ1n) is 13.5. The molecule has 3 aromatic heterocycles. The van der Waals surface area contributed by atoms with E-state index in [1.807, 2.05) is 49.4 Å². The Bertz CT molecular complexity index is 2210. The van der Waals surface area contributed by atoms with Gasteiger partial charge in [0.25, 0.3) is 0 Å². The van der Waals surface area contributed by atoms with Gasteiger partial charge in [0.1, 0.15) is 52.4 Å². The molecule has 0 fully saturated rings. The van der Waals surface area contributed by atoms with Gasteiger partial charge in [0, 0.05) is 16.3 Å². The van der Waals surface area contributed by atoms with Crippen LogP contribution in [0, 0.1) is 11.7 Å². The minimum absolute atomic E-state index is 0.174. The van der Waals surface area contributed by atoms with Crippen LogP contribution in [0.5, 0.6) is 0 Å². The lowest BCUT2D eigenvalue weighted by molar-refractivity contribution is -0.116. The number of aromatic nitrogens is 4. The van der Waals surface area contributed by atoms with Gasteiger partial charge in [0.15, 0.2) is 11.4 Å². The standard InChI is InChI=1S/C33H22FN5O3/c1-17(30-26(18-7-4-8-19(34)15-18)29(40)22-11-6-14-25(22)41-30)39-33-27(32(35)36-16-37-33)28(38-39)23-12-5-10-21-20-9-2-3-13-24(20)42-31(21)23/h2-17,22H,1H3,(H2,35,36,37). The van der Waals surface area contributed by atoms with Crippen LogP contribution in [0.2, 0.25) is 0 Å². The van der Waals surface area contributed by atoms with Crippen LogP contribution < -0.4 is 5.73 Å². The third-order valence-corrected chi connectivity index (χ3v) is 7.91. The number of fused-ring (bicyclic) bond motifs is 5. The van der Waals surface area contributed by atoms with Gasteiger partial charge in [0.2, 0.25) is 0 Å². The van der Waals surface area contributed by atoms with Crippen LogP contribution in [0.1, 0.15) is 18.5 Å². The second-order valence-corrected chi connectivity index (χ2v) is 10.4. The summed E-state index contributed by atoms with van der Waals surface area (Å²) in [6.07, 6.45) is 6.72. The summed E-state index contributed by atoms with van der Waals surface area (Å²) >= 11 is 0. The van der Waals surface area contributed by atoms with Crippen LogP contribution in [0.3, 0.4) is 0 Å². The van der Waals surface area contributed by atoms with Gasteiger partial charge in [0.05, 0.1) is 16.9 Å². The molecule has 2 atom stereocenters. The Balaban J connectivity index is 1.37. The summed E-state index contributed by atoms with van der Waals surface area (Å²) in [5.41, 5.74) is 10.3. The first kappa shape index (κ1) is 24.2. The van der Waals surface area contributed by atoms with Gasteiger partial charge in [-0.3, -0.25) is 4.79 Å². The van der Waals surface area contributed by atoms with Gasteiger partial charge in [-0.15, -0.1) is 0 Å². The molecule has 0 saturated heterocycles. The fraction of sp³-hybridized carbons (Fsp3) is 0.0909. The Morgan fingerprint density at radius 2 is 1.86 bits per heavy atom. The molecule has 1 aliphatic carbocycles. The van der Waals surface area contributed by atoms with E-state index in [0.29, 0.717) is 45.0 Å². The maximum Gasteiger partial charge on any atom is 0.181 e. The molecular weight excluding hydrogens is 533 g/mol. The number of nitrogens with two attached hydrogens (primary N) is 1. The van der Waals surface area contributed by atoms with Crippen molar-refractivity contribution >= 4 is 50.1 Å². The van der Waals surface area contributed by atoms with Crippen molar-refractivity contribution < 1.29 is 18.3 Å². The normalized spacial score (nSPS) is 17.2. The SMILES string of the molecule is CC(C1=C(c2cccc(F)c2)C(=O)C2C=CC=C2O1)n1nc(-c2cccc3c2oc2ccccc23)c2c(N)ncnc21. The van der Waals surface area contributed by atoms with E-state index in [1.54, 1.807) is 35.0 Å². The lowest BCUT2D eigenvalue weighted by atomic mass is 9.88. The van der Waals surface area contributed by atoms with Crippen molar-refractivity contribution in [1.82, 2.24) is 19.7 Å². The molecule has 0 radical (unpaired) electrons. The molecule has 204 valence electrons. The molecule has 8 nitrogen and oxygen atoms in total. The maximum atomic E-state index is 14.4. The minimum atomic E-state index is -0.630. The monoisotopic (exact) mass is 555 g/mol. The van der Waals surface area contributed by atoms with Crippen LogP contribution in [0.15, 0.2) is 107 Å². The Labute approximate surface area is 238 Å². The Hall–Kier alpha value is -5.57. The van der Waals surface area contributed by atoms with Crippen molar-refractivity contribution in [2.75, 3.05) is 5.73 Å². The van der Waals surface area contributed by atoms with Crippen molar-refractivity contribution in [3.05, 3.63) is 114 Å². The summed E-state index contributed by atoms with van der Waals surface area (Å²) in [6.45, 7) is 1.86. The smallest absolute Gasteiger partial charge is 0.181 e. The average molecular weight is 556 g/mol. The topological polar surface area (TPSA) is 109 Å². The predicted octanol–water partition coefficient (Wildman–Crippen LogP) is 6.76. The highest BCUT2D eigenvalue weighted by atomic mass is 19.1. The highest BCUT2D eigenvalue weighted by Gasteiger charge is 2.39. The molecule has 0 bridgehead atoms. The molecule has 0 spiro atoms. The molecule has 2 aliphatic rings. The molecule has 8 rings (SSSR count). The fourth-order valence-electron chi connectivity index (χ4n) is 5.95. The zero-order valence-corrected chi connectivity index (χ0v) is 22.3. The van der Waals surface area contributed by atoms with E-state index in [0.717, 1.165) is 21.9 Å². The quantitative estimate of drug-likeness (QED) is 0.256. The van der Waals surface area contributed by atoms with Crippen molar-refractivity contribution in [3.63, 3.8) is 0 Å². The van der Waals surface area contributed by atoms with Crippen LogP contribution in [0.4, 0.5) is 10.2 Å². The molecule has 0 amide bonds. The summed E-state index contributed by atoms with van der Waals surface area (Å²) in [6, 6.07) is 19.0. The van der Waals surface area contributed by atoms with Crippen LogP contribution in [-0.4, -0.2) is 25.5 Å². The summed E-state index contributed by atoms with van der Waals surface area (Å²) in [4.78, 5) is 22.6. The van der Waals surface area contributed by atoms with Crippen molar-refractivity contribution in [2.24, 2.45) is 5.92 Å². The summed E-state index contributed by atoms with van der Waals surface area (Å²) in [5.74, 6) is -0.0789. The Kier molecular flexibility index (Phi) is 5.18. The van der Waals surface area contributed by atoms with E-state index < -0.39 is 17.8 Å². The van der Waals surface area contributed by atoms with E-state index in [4.69, 9.17) is 20.0 Å². The second kappa shape index (κ2) is 8.97. The molecular formula is C33H22FN5O3. The number of rotatable bonds is 4. The molecule has 0 saturated carbocycles. The van der Waals surface area contributed by atoms with Gasteiger partial charge in [-0.25, -0.2) is 19.0 Å². The van der Waals surface area contributed by atoms with E-state index in [2.05, 4.69) is 9.97 Å². The number of furan rings is 1. The number of benzene rings is 3. The number of para-hydroxylation sites is 2. The Morgan fingerprint density at radius 1 is 1.02 bits per heavy atom. The third-order valence-electron chi connectivity index (χ3n) is 7.91. The second-order valence-electron chi connectivity index (χ2n) is 10.4. The summed E-state index contributed by atoms with van der Waals surface area (Å²) < 4.78 is 28.7. The number of allylic oxidation sites excluding steroid dienone is 5. The number of anilines is 1. The van der Waals surface area contributed by atoms with Crippen molar-refractivity contribution in [1.29, 1.82) is 0 Å². The molecule has 3 aromatic carbocycles. The number of hydrogen-bond donors (Lipinski definition) is 1. The third kappa shape index (κ3) is 3.46. The number of ketones is 1. The first-order chi connectivity index (χ1) is 20.5.